The number of nitrogen functional groups attached to an aromatic ring is 1. The molecule has 0 atom stereocenters. The highest BCUT2D eigenvalue weighted by Gasteiger charge is 2.03. The molecule has 4 nitrogen and oxygen atoms in total. The topological polar surface area (TPSA) is 72.0 Å². The third kappa shape index (κ3) is 2.00. The van der Waals surface area contributed by atoms with E-state index in [-0.39, 0.29) is 0 Å². The van der Waals surface area contributed by atoms with Gasteiger partial charge in [0.05, 0.1) is 5.52 Å². The van der Waals surface area contributed by atoms with Crippen LogP contribution >= 0.6 is 0 Å². The SMILES string of the molecule is Nc1cccc(Cc2ccc3oc(=O)[nH]c3c2)c1. The predicted molar refractivity (Wildman–Crippen MR) is 70.5 cm³/mol. The highest BCUT2D eigenvalue weighted by Crippen LogP contribution is 2.16. The van der Waals surface area contributed by atoms with Gasteiger partial charge in [-0.2, -0.15) is 0 Å². The van der Waals surface area contributed by atoms with Crippen LogP contribution in [0.2, 0.25) is 0 Å². The van der Waals surface area contributed by atoms with E-state index in [9.17, 15) is 4.79 Å². The Labute approximate surface area is 103 Å². The number of H-pyrrole nitrogens is 1. The van der Waals surface area contributed by atoms with Crippen molar-refractivity contribution in [1.82, 2.24) is 4.98 Å². The van der Waals surface area contributed by atoms with E-state index >= 15 is 0 Å². The molecule has 0 unspecified atom stereocenters. The molecule has 0 saturated heterocycles. The van der Waals surface area contributed by atoms with Gasteiger partial charge in [-0.3, -0.25) is 4.98 Å². The predicted octanol–water partition coefficient (Wildman–Crippen LogP) is 2.29. The van der Waals surface area contributed by atoms with Gasteiger partial charge in [-0.25, -0.2) is 4.79 Å². The summed E-state index contributed by atoms with van der Waals surface area (Å²) < 4.78 is 4.96. The maximum atomic E-state index is 11.1. The van der Waals surface area contributed by atoms with Gasteiger partial charge in [0.1, 0.15) is 0 Å². The van der Waals surface area contributed by atoms with E-state index in [2.05, 4.69) is 4.98 Å². The molecule has 0 bridgehead atoms. The summed E-state index contributed by atoms with van der Waals surface area (Å²) in [4.78, 5) is 13.7. The van der Waals surface area contributed by atoms with Crippen LogP contribution in [0, 0.1) is 0 Å². The molecule has 18 heavy (non-hydrogen) atoms. The van der Waals surface area contributed by atoms with E-state index in [1.807, 2.05) is 36.4 Å². The lowest BCUT2D eigenvalue weighted by Crippen LogP contribution is -1.93. The Morgan fingerprint density at radius 2 is 1.94 bits per heavy atom. The minimum atomic E-state index is -0.425. The summed E-state index contributed by atoms with van der Waals surface area (Å²) in [6.45, 7) is 0. The summed E-state index contributed by atoms with van der Waals surface area (Å²) in [7, 11) is 0. The lowest BCUT2D eigenvalue weighted by atomic mass is 10.0. The van der Waals surface area contributed by atoms with E-state index in [1.54, 1.807) is 6.07 Å². The van der Waals surface area contributed by atoms with Crippen molar-refractivity contribution in [3.05, 3.63) is 64.1 Å². The average molecular weight is 240 g/mol. The molecule has 0 spiro atoms. The lowest BCUT2D eigenvalue weighted by Gasteiger charge is -2.02. The van der Waals surface area contributed by atoms with Crippen molar-refractivity contribution in [1.29, 1.82) is 0 Å². The Balaban J connectivity index is 1.97. The summed E-state index contributed by atoms with van der Waals surface area (Å²) in [5, 5.41) is 0. The summed E-state index contributed by atoms with van der Waals surface area (Å²) in [5.74, 6) is -0.425. The van der Waals surface area contributed by atoms with E-state index in [1.165, 1.54) is 0 Å². The van der Waals surface area contributed by atoms with Crippen molar-refractivity contribution >= 4 is 16.8 Å². The number of rotatable bonds is 2. The van der Waals surface area contributed by atoms with Crippen molar-refractivity contribution < 1.29 is 4.42 Å². The van der Waals surface area contributed by atoms with Crippen molar-refractivity contribution in [3.63, 3.8) is 0 Å². The van der Waals surface area contributed by atoms with Gasteiger partial charge in [0, 0.05) is 5.69 Å². The number of hydrogen-bond donors (Lipinski definition) is 2. The van der Waals surface area contributed by atoms with Gasteiger partial charge in [-0.15, -0.1) is 0 Å². The minimum Gasteiger partial charge on any atom is -0.408 e. The van der Waals surface area contributed by atoms with Crippen LogP contribution in [0.5, 0.6) is 0 Å². The zero-order valence-electron chi connectivity index (χ0n) is 9.64. The summed E-state index contributed by atoms with van der Waals surface area (Å²) in [6, 6.07) is 13.4. The number of aromatic amines is 1. The second kappa shape index (κ2) is 4.07. The first-order valence-corrected chi connectivity index (χ1v) is 5.67. The maximum Gasteiger partial charge on any atom is 0.417 e. The lowest BCUT2D eigenvalue weighted by molar-refractivity contribution is 0.555. The Hall–Kier alpha value is -2.49. The van der Waals surface area contributed by atoms with Crippen molar-refractivity contribution in [3.8, 4) is 0 Å². The highest BCUT2D eigenvalue weighted by atomic mass is 16.4. The molecular weight excluding hydrogens is 228 g/mol. The molecule has 3 rings (SSSR count). The zero-order valence-corrected chi connectivity index (χ0v) is 9.64. The molecule has 2 aromatic carbocycles. The normalized spacial score (nSPS) is 10.9. The molecular formula is C14H12N2O2. The second-order valence-corrected chi connectivity index (χ2v) is 4.27. The molecule has 4 heteroatoms. The molecule has 0 aliphatic carbocycles. The Morgan fingerprint density at radius 3 is 2.78 bits per heavy atom. The van der Waals surface area contributed by atoms with Crippen LogP contribution in [0.4, 0.5) is 5.69 Å². The van der Waals surface area contributed by atoms with Gasteiger partial charge >= 0.3 is 5.76 Å². The number of oxazole rings is 1. The summed E-state index contributed by atoms with van der Waals surface area (Å²) in [5.41, 5.74) is 10.0. The monoisotopic (exact) mass is 240 g/mol. The molecule has 1 heterocycles. The van der Waals surface area contributed by atoms with E-state index < -0.39 is 5.76 Å². The molecule has 90 valence electrons. The van der Waals surface area contributed by atoms with Crippen LogP contribution in [0.25, 0.3) is 11.1 Å². The fourth-order valence-electron chi connectivity index (χ4n) is 2.05. The molecule has 0 radical (unpaired) electrons. The Morgan fingerprint density at radius 1 is 1.11 bits per heavy atom. The van der Waals surface area contributed by atoms with Crippen LogP contribution in [-0.4, -0.2) is 4.98 Å². The minimum absolute atomic E-state index is 0.425. The number of benzene rings is 2. The van der Waals surface area contributed by atoms with E-state index in [4.69, 9.17) is 10.2 Å². The number of nitrogens with two attached hydrogens (primary N) is 1. The Kier molecular flexibility index (Phi) is 2.41. The summed E-state index contributed by atoms with van der Waals surface area (Å²) >= 11 is 0. The number of anilines is 1. The third-order valence-corrected chi connectivity index (χ3v) is 2.84. The van der Waals surface area contributed by atoms with Crippen LogP contribution in [0.1, 0.15) is 11.1 Å². The van der Waals surface area contributed by atoms with Crippen molar-refractivity contribution in [2.75, 3.05) is 5.73 Å². The molecule has 3 aromatic rings. The second-order valence-electron chi connectivity index (χ2n) is 4.27. The van der Waals surface area contributed by atoms with Gasteiger partial charge in [-0.05, 0) is 41.8 Å². The standard InChI is InChI=1S/C14H12N2O2/c15-11-3-1-2-9(7-11)6-10-4-5-13-12(8-10)16-14(17)18-13/h1-5,7-8H,6,15H2,(H,16,17). The van der Waals surface area contributed by atoms with Crippen LogP contribution in [-0.2, 0) is 6.42 Å². The van der Waals surface area contributed by atoms with Gasteiger partial charge in [0.2, 0.25) is 0 Å². The van der Waals surface area contributed by atoms with Gasteiger partial charge in [-0.1, -0.05) is 18.2 Å². The first kappa shape index (κ1) is 10.7. The largest absolute Gasteiger partial charge is 0.417 e. The molecule has 0 saturated carbocycles. The quantitative estimate of drug-likeness (QED) is 0.675. The van der Waals surface area contributed by atoms with Crippen LogP contribution in [0.15, 0.2) is 51.7 Å². The number of nitrogens with one attached hydrogen (secondary N) is 1. The molecule has 3 N–H and O–H groups in total. The molecule has 0 aliphatic rings. The molecule has 1 aromatic heterocycles. The molecule has 0 amide bonds. The van der Waals surface area contributed by atoms with E-state index in [0.717, 1.165) is 28.8 Å². The van der Waals surface area contributed by atoms with Crippen LogP contribution in [0.3, 0.4) is 0 Å². The third-order valence-electron chi connectivity index (χ3n) is 2.84. The number of aromatic nitrogens is 1. The Bertz CT molecular complexity index is 756. The molecule has 0 fully saturated rings. The molecule has 0 aliphatic heterocycles. The highest BCUT2D eigenvalue weighted by molar-refractivity contribution is 5.72. The fourth-order valence-corrected chi connectivity index (χ4v) is 2.05. The summed E-state index contributed by atoms with van der Waals surface area (Å²) in [6.07, 6.45) is 0.772. The first-order chi connectivity index (χ1) is 8.70. The zero-order chi connectivity index (χ0) is 12.5. The van der Waals surface area contributed by atoms with Crippen LogP contribution < -0.4 is 11.5 Å². The van der Waals surface area contributed by atoms with Crippen molar-refractivity contribution in [2.24, 2.45) is 0 Å². The van der Waals surface area contributed by atoms with Crippen molar-refractivity contribution in [2.45, 2.75) is 6.42 Å². The maximum absolute atomic E-state index is 11.1. The van der Waals surface area contributed by atoms with Gasteiger partial charge < -0.3 is 10.2 Å². The van der Waals surface area contributed by atoms with Gasteiger partial charge in [0.15, 0.2) is 5.58 Å². The fraction of sp³-hybridized carbons (Fsp3) is 0.0714. The van der Waals surface area contributed by atoms with E-state index in [0.29, 0.717) is 5.58 Å². The number of fused-ring (bicyclic) bond motifs is 1. The smallest absolute Gasteiger partial charge is 0.408 e. The van der Waals surface area contributed by atoms with Gasteiger partial charge in [0.25, 0.3) is 0 Å². The first-order valence-electron chi connectivity index (χ1n) is 5.67. The average Bonchev–Trinajstić information content (AvgIpc) is 2.68. The number of hydrogen-bond acceptors (Lipinski definition) is 3.